The minimum Gasteiger partial charge on any atom is -0.345 e. The standard InChI is InChI=1S/C15H21N3O/c1-10(2)7-11(3)18(4)15(19)12-5-6-13-14(8-12)17-9-16-13/h5-6,8-11H,7H2,1-4H3,(H,16,17). The lowest BCUT2D eigenvalue weighted by Gasteiger charge is -2.26. The lowest BCUT2D eigenvalue weighted by Crippen LogP contribution is -2.35. The number of fused-ring (bicyclic) bond motifs is 1. The molecule has 102 valence electrons. The lowest BCUT2D eigenvalue weighted by atomic mass is 10.0. The van der Waals surface area contributed by atoms with Crippen LogP contribution in [0.2, 0.25) is 0 Å². The Bertz CT molecular complexity index is 574. The van der Waals surface area contributed by atoms with Gasteiger partial charge in [-0.15, -0.1) is 0 Å². The van der Waals surface area contributed by atoms with Crippen molar-refractivity contribution in [3.63, 3.8) is 0 Å². The number of rotatable bonds is 4. The van der Waals surface area contributed by atoms with E-state index >= 15 is 0 Å². The highest BCUT2D eigenvalue weighted by Crippen LogP contribution is 2.16. The van der Waals surface area contributed by atoms with Crippen LogP contribution in [0.5, 0.6) is 0 Å². The Kier molecular flexibility index (Phi) is 3.88. The highest BCUT2D eigenvalue weighted by molar-refractivity contribution is 5.97. The first kappa shape index (κ1) is 13.6. The predicted octanol–water partition coefficient (Wildman–Crippen LogP) is 3.07. The summed E-state index contributed by atoms with van der Waals surface area (Å²) in [5, 5.41) is 0. The second-order valence-electron chi connectivity index (χ2n) is 5.53. The van der Waals surface area contributed by atoms with Crippen molar-refractivity contribution in [2.24, 2.45) is 5.92 Å². The molecule has 1 heterocycles. The van der Waals surface area contributed by atoms with Crippen LogP contribution in [0.4, 0.5) is 0 Å². The predicted molar refractivity (Wildman–Crippen MR) is 77.1 cm³/mol. The van der Waals surface area contributed by atoms with Gasteiger partial charge in [-0.05, 0) is 37.5 Å². The van der Waals surface area contributed by atoms with Crippen molar-refractivity contribution < 1.29 is 4.79 Å². The molecule has 1 aromatic carbocycles. The number of carbonyl (C=O) groups excluding carboxylic acids is 1. The Balaban J connectivity index is 2.18. The van der Waals surface area contributed by atoms with Gasteiger partial charge >= 0.3 is 0 Å². The quantitative estimate of drug-likeness (QED) is 0.917. The Hall–Kier alpha value is -1.84. The minimum atomic E-state index is 0.0599. The Morgan fingerprint density at radius 2 is 2.11 bits per heavy atom. The summed E-state index contributed by atoms with van der Waals surface area (Å²) in [6.45, 7) is 6.43. The molecule has 0 radical (unpaired) electrons. The number of amides is 1. The van der Waals surface area contributed by atoms with Crippen LogP contribution in [0, 0.1) is 5.92 Å². The zero-order valence-electron chi connectivity index (χ0n) is 12.0. The van der Waals surface area contributed by atoms with Gasteiger partial charge < -0.3 is 9.88 Å². The summed E-state index contributed by atoms with van der Waals surface area (Å²) < 4.78 is 0. The fraction of sp³-hybridized carbons (Fsp3) is 0.467. The van der Waals surface area contributed by atoms with Gasteiger partial charge in [0.1, 0.15) is 0 Å². The molecular formula is C15H21N3O. The topological polar surface area (TPSA) is 49.0 Å². The van der Waals surface area contributed by atoms with Crippen molar-refractivity contribution in [2.75, 3.05) is 7.05 Å². The van der Waals surface area contributed by atoms with E-state index in [1.165, 1.54) is 0 Å². The molecule has 2 aromatic rings. The van der Waals surface area contributed by atoms with Crippen molar-refractivity contribution in [3.8, 4) is 0 Å². The fourth-order valence-electron chi connectivity index (χ4n) is 2.31. The van der Waals surface area contributed by atoms with Crippen molar-refractivity contribution >= 4 is 16.9 Å². The molecule has 1 aromatic heterocycles. The molecule has 0 saturated heterocycles. The molecule has 2 rings (SSSR count). The second-order valence-corrected chi connectivity index (χ2v) is 5.53. The van der Waals surface area contributed by atoms with Crippen molar-refractivity contribution in [3.05, 3.63) is 30.1 Å². The van der Waals surface area contributed by atoms with E-state index in [2.05, 4.69) is 30.7 Å². The highest BCUT2D eigenvalue weighted by atomic mass is 16.2. The molecule has 1 amide bonds. The SMILES string of the molecule is CC(C)CC(C)N(C)C(=O)c1ccc2nc[nH]c2c1. The van der Waals surface area contributed by atoms with Crippen LogP contribution in [0.1, 0.15) is 37.6 Å². The van der Waals surface area contributed by atoms with E-state index in [0.29, 0.717) is 11.5 Å². The number of aromatic amines is 1. The third kappa shape index (κ3) is 2.95. The van der Waals surface area contributed by atoms with Crippen LogP contribution in [0.15, 0.2) is 24.5 Å². The van der Waals surface area contributed by atoms with Gasteiger partial charge in [0.05, 0.1) is 17.4 Å². The normalized spacial score (nSPS) is 12.9. The summed E-state index contributed by atoms with van der Waals surface area (Å²) in [6.07, 6.45) is 2.65. The monoisotopic (exact) mass is 259 g/mol. The van der Waals surface area contributed by atoms with Crippen molar-refractivity contribution in [1.82, 2.24) is 14.9 Å². The largest absolute Gasteiger partial charge is 0.345 e. The molecule has 0 fully saturated rings. The van der Waals surface area contributed by atoms with E-state index < -0.39 is 0 Å². The van der Waals surface area contributed by atoms with Crippen LogP contribution in [-0.2, 0) is 0 Å². The van der Waals surface area contributed by atoms with Crippen LogP contribution in [0.3, 0.4) is 0 Å². The van der Waals surface area contributed by atoms with E-state index in [9.17, 15) is 4.79 Å². The zero-order valence-corrected chi connectivity index (χ0v) is 12.0. The van der Waals surface area contributed by atoms with Gasteiger partial charge in [0.15, 0.2) is 0 Å². The van der Waals surface area contributed by atoms with Crippen molar-refractivity contribution in [2.45, 2.75) is 33.2 Å². The molecule has 0 bridgehead atoms. The van der Waals surface area contributed by atoms with Crippen LogP contribution >= 0.6 is 0 Å². The average molecular weight is 259 g/mol. The number of nitrogens with one attached hydrogen (secondary N) is 1. The Labute approximate surface area is 113 Å². The molecule has 1 atom stereocenters. The van der Waals surface area contributed by atoms with Crippen LogP contribution in [-0.4, -0.2) is 33.9 Å². The number of aromatic nitrogens is 2. The van der Waals surface area contributed by atoms with Gasteiger partial charge in [0.25, 0.3) is 5.91 Å². The van der Waals surface area contributed by atoms with Gasteiger partial charge in [-0.3, -0.25) is 4.79 Å². The summed E-state index contributed by atoms with van der Waals surface area (Å²) in [7, 11) is 1.87. The maximum atomic E-state index is 12.4. The minimum absolute atomic E-state index is 0.0599. The van der Waals surface area contributed by atoms with Gasteiger partial charge in [0, 0.05) is 18.7 Å². The molecule has 0 spiro atoms. The smallest absolute Gasteiger partial charge is 0.253 e. The summed E-state index contributed by atoms with van der Waals surface area (Å²) in [5.74, 6) is 0.644. The van der Waals surface area contributed by atoms with Crippen molar-refractivity contribution in [1.29, 1.82) is 0 Å². The molecule has 0 saturated carbocycles. The number of imidazole rings is 1. The van der Waals surface area contributed by atoms with E-state index in [-0.39, 0.29) is 11.9 Å². The molecule has 1 unspecified atom stereocenters. The average Bonchev–Trinajstić information content (AvgIpc) is 2.83. The van der Waals surface area contributed by atoms with Gasteiger partial charge in [-0.25, -0.2) is 4.98 Å². The summed E-state index contributed by atoms with van der Waals surface area (Å²) >= 11 is 0. The Morgan fingerprint density at radius 1 is 1.37 bits per heavy atom. The van der Waals surface area contributed by atoms with Gasteiger partial charge in [0.2, 0.25) is 0 Å². The van der Waals surface area contributed by atoms with Crippen LogP contribution < -0.4 is 0 Å². The number of benzene rings is 1. The molecule has 0 aliphatic carbocycles. The second kappa shape index (κ2) is 5.43. The van der Waals surface area contributed by atoms with Crippen LogP contribution in [0.25, 0.3) is 11.0 Å². The summed E-state index contributed by atoms with van der Waals surface area (Å²) in [5.41, 5.74) is 2.49. The lowest BCUT2D eigenvalue weighted by molar-refractivity contribution is 0.0728. The number of carbonyl (C=O) groups is 1. The fourth-order valence-corrected chi connectivity index (χ4v) is 2.31. The number of hydrogen-bond acceptors (Lipinski definition) is 2. The first-order valence-electron chi connectivity index (χ1n) is 6.69. The molecule has 4 heteroatoms. The molecule has 1 N–H and O–H groups in total. The number of nitrogens with zero attached hydrogens (tertiary/aromatic N) is 2. The van der Waals surface area contributed by atoms with E-state index in [4.69, 9.17) is 0 Å². The Morgan fingerprint density at radius 3 is 2.79 bits per heavy atom. The highest BCUT2D eigenvalue weighted by Gasteiger charge is 2.18. The molecule has 19 heavy (non-hydrogen) atoms. The summed E-state index contributed by atoms with van der Waals surface area (Å²) in [6, 6.07) is 5.82. The maximum Gasteiger partial charge on any atom is 0.253 e. The number of H-pyrrole nitrogens is 1. The van der Waals surface area contributed by atoms with E-state index in [1.807, 2.05) is 30.1 Å². The zero-order chi connectivity index (χ0) is 14.0. The first-order chi connectivity index (χ1) is 8.99. The summed E-state index contributed by atoms with van der Waals surface area (Å²) in [4.78, 5) is 21.4. The molecule has 0 aliphatic heterocycles. The van der Waals surface area contributed by atoms with Gasteiger partial charge in [-0.1, -0.05) is 13.8 Å². The third-order valence-corrected chi connectivity index (χ3v) is 3.46. The maximum absolute atomic E-state index is 12.4. The molecule has 0 aliphatic rings. The first-order valence-corrected chi connectivity index (χ1v) is 6.69. The van der Waals surface area contributed by atoms with Gasteiger partial charge in [-0.2, -0.15) is 0 Å². The number of hydrogen-bond donors (Lipinski definition) is 1. The molecule has 4 nitrogen and oxygen atoms in total. The van der Waals surface area contributed by atoms with E-state index in [0.717, 1.165) is 17.5 Å². The molecular weight excluding hydrogens is 238 g/mol. The third-order valence-electron chi connectivity index (χ3n) is 3.46. The van der Waals surface area contributed by atoms with E-state index in [1.54, 1.807) is 6.33 Å².